The molecular weight excluding hydrogens is 396 g/mol. The van der Waals surface area contributed by atoms with Crippen molar-refractivity contribution in [3.05, 3.63) is 59.4 Å². The van der Waals surface area contributed by atoms with Crippen LogP contribution in [0.25, 0.3) is 32.9 Å². The molecule has 0 atom stereocenters. The molecule has 5 heteroatoms. The quantitative estimate of drug-likeness (QED) is 0.382. The maximum absolute atomic E-state index is 6.56. The van der Waals surface area contributed by atoms with Crippen LogP contribution in [0, 0.1) is 12.3 Å². The molecule has 0 saturated carbocycles. The minimum Gasteiger partial charge on any atom is -0.493 e. The number of hydrogen-bond donors (Lipinski definition) is 0. The Morgan fingerprint density at radius 3 is 2.53 bits per heavy atom. The van der Waals surface area contributed by atoms with Crippen molar-refractivity contribution in [1.82, 2.24) is 9.55 Å². The fourth-order valence-electron chi connectivity index (χ4n) is 4.38. The second kappa shape index (κ2) is 7.29. The Balaban J connectivity index is 1.60. The summed E-state index contributed by atoms with van der Waals surface area (Å²) >= 11 is 6.56. The molecule has 4 nitrogen and oxygen atoms in total. The zero-order valence-electron chi connectivity index (χ0n) is 17.5. The lowest BCUT2D eigenvalue weighted by Gasteiger charge is -2.37. The Kier molecular flexibility index (Phi) is 4.72. The fourth-order valence-corrected chi connectivity index (χ4v) is 4.60. The van der Waals surface area contributed by atoms with Gasteiger partial charge in [-0.2, -0.15) is 0 Å². The summed E-state index contributed by atoms with van der Waals surface area (Å²) in [6.45, 7) is 9.49. The van der Waals surface area contributed by atoms with Crippen LogP contribution in [0.1, 0.15) is 19.5 Å². The number of nitrogens with zero attached hydrogens (tertiary/aromatic N) is 2. The van der Waals surface area contributed by atoms with E-state index in [-0.39, 0.29) is 5.41 Å². The van der Waals surface area contributed by atoms with Gasteiger partial charge in [0.15, 0.2) is 0 Å². The Morgan fingerprint density at radius 2 is 1.87 bits per heavy atom. The van der Waals surface area contributed by atoms with E-state index in [2.05, 4.69) is 60.7 Å². The van der Waals surface area contributed by atoms with Gasteiger partial charge < -0.3 is 14.0 Å². The van der Waals surface area contributed by atoms with Gasteiger partial charge >= 0.3 is 0 Å². The van der Waals surface area contributed by atoms with Gasteiger partial charge in [0.05, 0.1) is 36.5 Å². The third kappa shape index (κ3) is 3.15. The van der Waals surface area contributed by atoms with Crippen molar-refractivity contribution < 1.29 is 9.47 Å². The summed E-state index contributed by atoms with van der Waals surface area (Å²) in [5, 5.41) is 3.09. The highest BCUT2D eigenvalue weighted by molar-refractivity contribution is 6.32. The maximum Gasteiger partial charge on any atom is 0.119 e. The molecular formula is C25H25ClN2O2. The second-order valence-corrected chi connectivity index (χ2v) is 8.94. The molecule has 154 valence electrons. The first-order chi connectivity index (χ1) is 14.5. The molecule has 2 aromatic carbocycles. The molecule has 3 heterocycles. The molecule has 1 saturated heterocycles. The van der Waals surface area contributed by atoms with E-state index in [0.29, 0.717) is 6.61 Å². The Morgan fingerprint density at radius 1 is 1.10 bits per heavy atom. The van der Waals surface area contributed by atoms with Crippen LogP contribution in [0.5, 0.6) is 5.75 Å². The lowest BCUT2D eigenvalue weighted by atomic mass is 9.90. The Hall–Kier alpha value is -2.56. The van der Waals surface area contributed by atoms with E-state index in [9.17, 15) is 0 Å². The van der Waals surface area contributed by atoms with Crippen molar-refractivity contribution in [2.75, 3.05) is 19.8 Å². The SMILES string of the molecule is CCn1c2c(-c3ccc(OCC4(C)COC4)cc3)cc(Cl)cc2c2ccnc(C)c21. The first-order valence-electron chi connectivity index (χ1n) is 10.4. The highest BCUT2D eigenvalue weighted by Gasteiger charge is 2.34. The van der Waals surface area contributed by atoms with Crippen molar-refractivity contribution in [2.24, 2.45) is 5.41 Å². The predicted molar refractivity (Wildman–Crippen MR) is 123 cm³/mol. The molecule has 4 aromatic rings. The van der Waals surface area contributed by atoms with Crippen molar-refractivity contribution in [2.45, 2.75) is 27.3 Å². The zero-order valence-corrected chi connectivity index (χ0v) is 18.3. The van der Waals surface area contributed by atoms with Crippen LogP contribution in [0.2, 0.25) is 5.02 Å². The van der Waals surface area contributed by atoms with Crippen LogP contribution in [-0.4, -0.2) is 29.4 Å². The highest BCUT2D eigenvalue weighted by atomic mass is 35.5. The molecule has 0 N–H and O–H groups in total. The van der Waals surface area contributed by atoms with Crippen LogP contribution in [0.3, 0.4) is 0 Å². The lowest BCUT2D eigenvalue weighted by molar-refractivity contribution is -0.120. The first-order valence-corrected chi connectivity index (χ1v) is 10.7. The van der Waals surface area contributed by atoms with Gasteiger partial charge in [-0.3, -0.25) is 4.98 Å². The maximum atomic E-state index is 6.56. The van der Waals surface area contributed by atoms with E-state index in [1.807, 2.05) is 18.3 Å². The molecule has 1 aliphatic heterocycles. The van der Waals surface area contributed by atoms with Gasteiger partial charge in [-0.1, -0.05) is 30.7 Å². The van der Waals surface area contributed by atoms with E-state index in [1.165, 1.54) is 16.4 Å². The smallest absolute Gasteiger partial charge is 0.119 e. The number of halogens is 1. The summed E-state index contributed by atoms with van der Waals surface area (Å²) in [5.41, 5.74) is 5.78. The van der Waals surface area contributed by atoms with Gasteiger partial charge in [0.25, 0.3) is 0 Å². The molecule has 2 aromatic heterocycles. The van der Waals surface area contributed by atoms with Gasteiger partial charge in [-0.15, -0.1) is 0 Å². The number of fused-ring (bicyclic) bond motifs is 3. The summed E-state index contributed by atoms with van der Waals surface area (Å²) in [4.78, 5) is 4.52. The molecule has 0 bridgehead atoms. The van der Waals surface area contributed by atoms with Crippen molar-refractivity contribution in [1.29, 1.82) is 0 Å². The molecule has 1 aliphatic rings. The summed E-state index contributed by atoms with van der Waals surface area (Å²) < 4.78 is 13.7. The number of ether oxygens (including phenoxy) is 2. The average molecular weight is 421 g/mol. The van der Waals surface area contributed by atoms with Gasteiger partial charge in [0.1, 0.15) is 5.75 Å². The molecule has 5 rings (SSSR count). The van der Waals surface area contributed by atoms with E-state index in [1.54, 1.807) is 0 Å². The number of aromatic nitrogens is 2. The second-order valence-electron chi connectivity index (χ2n) is 8.50. The van der Waals surface area contributed by atoms with E-state index in [0.717, 1.165) is 52.7 Å². The number of hydrogen-bond acceptors (Lipinski definition) is 3. The average Bonchev–Trinajstić information content (AvgIpc) is 3.05. The third-order valence-corrected chi connectivity index (χ3v) is 6.20. The van der Waals surface area contributed by atoms with Crippen molar-refractivity contribution >= 4 is 33.4 Å². The van der Waals surface area contributed by atoms with Crippen LogP contribution < -0.4 is 4.74 Å². The van der Waals surface area contributed by atoms with E-state index >= 15 is 0 Å². The summed E-state index contributed by atoms with van der Waals surface area (Å²) in [6, 6.07) is 14.5. The standard InChI is InChI=1S/C25H25ClN2O2/c1-4-28-23-16(2)27-10-9-20(23)22-12-18(26)11-21(24(22)28)17-5-7-19(8-6-17)30-15-25(3)13-29-14-25/h5-12H,4,13-15H2,1-3H3. The van der Waals surface area contributed by atoms with E-state index < -0.39 is 0 Å². The highest BCUT2D eigenvalue weighted by Crippen LogP contribution is 2.39. The largest absolute Gasteiger partial charge is 0.493 e. The summed E-state index contributed by atoms with van der Waals surface area (Å²) in [5.74, 6) is 0.876. The third-order valence-electron chi connectivity index (χ3n) is 5.98. The molecule has 0 unspecified atom stereocenters. The topological polar surface area (TPSA) is 36.3 Å². The van der Waals surface area contributed by atoms with Crippen LogP contribution in [0.15, 0.2) is 48.7 Å². The predicted octanol–water partition coefficient (Wildman–Crippen LogP) is 6.25. The Labute approximate surface area is 181 Å². The van der Waals surface area contributed by atoms with Crippen molar-refractivity contribution in [3.63, 3.8) is 0 Å². The number of rotatable bonds is 5. The minimum atomic E-state index is 0.131. The monoisotopic (exact) mass is 420 g/mol. The van der Waals surface area contributed by atoms with Crippen molar-refractivity contribution in [3.8, 4) is 16.9 Å². The van der Waals surface area contributed by atoms with Crippen LogP contribution in [0.4, 0.5) is 0 Å². The normalized spacial score (nSPS) is 15.5. The molecule has 0 aliphatic carbocycles. The number of aryl methyl sites for hydroxylation is 2. The zero-order chi connectivity index (χ0) is 20.9. The fraction of sp³-hybridized carbons (Fsp3) is 0.320. The lowest BCUT2D eigenvalue weighted by Crippen LogP contribution is -2.44. The van der Waals surface area contributed by atoms with Crippen LogP contribution in [-0.2, 0) is 11.3 Å². The number of pyridine rings is 1. The molecule has 0 spiro atoms. The van der Waals surface area contributed by atoms with Gasteiger partial charge in [-0.25, -0.2) is 0 Å². The summed E-state index contributed by atoms with van der Waals surface area (Å²) in [7, 11) is 0. The Bertz CT molecular complexity index is 1240. The van der Waals surface area contributed by atoms with Gasteiger partial charge in [-0.05, 0) is 49.7 Å². The first kappa shape index (κ1) is 19.4. The van der Waals surface area contributed by atoms with Gasteiger partial charge in [0.2, 0.25) is 0 Å². The molecule has 0 radical (unpaired) electrons. The molecule has 1 fully saturated rings. The van der Waals surface area contributed by atoms with E-state index in [4.69, 9.17) is 21.1 Å². The molecule has 0 amide bonds. The number of benzene rings is 2. The van der Waals surface area contributed by atoms with Crippen LogP contribution >= 0.6 is 11.6 Å². The summed E-state index contributed by atoms with van der Waals surface area (Å²) in [6.07, 6.45) is 1.87. The van der Waals surface area contributed by atoms with Gasteiger partial charge in [0, 0.05) is 39.5 Å². The minimum absolute atomic E-state index is 0.131. The molecule has 30 heavy (non-hydrogen) atoms.